The Morgan fingerprint density at radius 3 is 2.43 bits per heavy atom. The van der Waals surface area contributed by atoms with E-state index in [1.807, 2.05) is 18.2 Å². The van der Waals surface area contributed by atoms with Crippen molar-refractivity contribution in [3.63, 3.8) is 0 Å². The second kappa shape index (κ2) is 7.25. The number of hydrogen-bond acceptors (Lipinski definition) is 2. The van der Waals surface area contributed by atoms with Crippen molar-refractivity contribution in [2.24, 2.45) is 0 Å². The number of hydrogen-bond donors (Lipinski definition) is 1. The molecule has 0 saturated carbocycles. The van der Waals surface area contributed by atoms with E-state index in [-0.39, 0.29) is 0 Å². The van der Waals surface area contributed by atoms with E-state index in [0.29, 0.717) is 0 Å². The third-order valence-corrected chi connectivity index (χ3v) is 4.21. The third kappa shape index (κ3) is 3.69. The van der Waals surface area contributed by atoms with E-state index in [9.17, 15) is 0 Å². The molecule has 3 heteroatoms. The molecule has 3 nitrogen and oxygen atoms in total. The predicted octanol–water partition coefficient (Wildman–Crippen LogP) is 4.58. The summed E-state index contributed by atoms with van der Waals surface area (Å²) in [4.78, 5) is 2.42. The summed E-state index contributed by atoms with van der Waals surface area (Å²) in [7, 11) is 0. The molecule has 0 unspecified atom stereocenters. The topological polar surface area (TPSA) is 31.9 Å². The van der Waals surface area contributed by atoms with Gasteiger partial charge in [0.05, 0.1) is 11.2 Å². The number of rotatable bonds is 6. The molecule has 0 amide bonds. The molecule has 0 atom stereocenters. The Bertz CT molecular complexity index is 780. The van der Waals surface area contributed by atoms with Crippen LogP contribution in [0.3, 0.4) is 0 Å². The lowest BCUT2D eigenvalue weighted by atomic mass is 10.1. The first-order valence-electron chi connectivity index (χ1n) is 8.22. The van der Waals surface area contributed by atoms with Crippen LogP contribution in [-0.4, -0.2) is 28.2 Å². The van der Waals surface area contributed by atoms with Crippen LogP contribution in [0.2, 0.25) is 0 Å². The minimum Gasteiger partial charge on any atom is -0.300 e. The molecule has 0 bridgehead atoms. The maximum absolute atomic E-state index is 4.37. The van der Waals surface area contributed by atoms with Gasteiger partial charge in [-0.3, -0.25) is 10.00 Å². The molecular formula is C20H23N3. The minimum atomic E-state index is 0.979. The van der Waals surface area contributed by atoms with E-state index in [4.69, 9.17) is 0 Å². The molecule has 3 rings (SSSR count). The lowest BCUT2D eigenvalue weighted by Gasteiger charge is -2.17. The fourth-order valence-corrected chi connectivity index (χ4v) is 2.73. The van der Waals surface area contributed by atoms with Gasteiger partial charge in [0.15, 0.2) is 0 Å². The molecule has 0 saturated heterocycles. The molecule has 3 aromatic rings. The molecule has 1 N–H and O–H groups in total. The fourth-order valence-electron chi connectivity index (χ4n) is 2.73. The summed E-state index contributed by atoms with van der Waals surface area (Å²) in [6.07, 6.45) is 4.18. The van der Waals surface area contributed by atoms with Crippen LogP contribution in [0, 0.1) is 0 Å². The van der Waals surface area contributed by atoms with Crippen LogP contribution in [0.4, 0.5) is 0 Å². The zero-order valence-corrected chi connectivity index (χ0v) is 13.8. The number of nitrogens with one attached hydrogen (secondary N) is 1. The van der Waals surface area contributed by atoms with Crippen LogP contribution < -0.4 is 0 Å². The first-order chi connectivity index (χ1) is 11.3. The molecule has 0 aliphatic carbocycles. The highest BCUT2D eigenvalue weighted by Crippen LogP contribution is 2.18. The first kappa shape index (κ1) is 15.5. The van der Waals surface area contributed by atoms with Crippen molar-refractivity contribution >= 4 is 23.1 Å². The highest BCUT2D eigenvalue weighted by atomic mass is 15.1. The van der Waals surface area contributed by atoms with Crippen molar-refractivity contribution < 1.29 is 0 Å². The molecule has 0 fully saturated rings. The van der Waals surface area contributed by atoms with Gasteiger partial charge in [0.2, 0.25) is 0 Å². The van der Waals surface area contributed by atoms with Crippen molar-refractivity contribution in [1.82, 2.24) is 15.1 Å². The number of aromatic nitrogens is 2. The fraction of sp³-hybridized carbons (Fsp3) is 0.250. The Hall–Kier alpha value is -2.39. The molecule has 118 valence electrons. The van der Waals surface area contributed by atoms with E-state index >= 15 is 0 Å². The zero-order valence-electron chi connectivity index (χ0n) is 13.8. The molecule has 0 spiro atoms. The monoisotopic (exact) mass is 305 g/mol. The number of para-hydroxylation sites is 1. The second-order valence-electron chi connectivity index (χ2n) is 5.69. The van der Waals surface area contributed by atoms with E-state index < -0.39 is 0 Å². The maximum Gasteiger partial charge on any atom is 0.0927 e. The second-order valence-corrected chi connectivity index (χ2v) is 5.69. The smallest absolute Gasteiger partial charge is 0.0927 e. The van der Waals surface area contributed by atoms with Gasteiger partial charge < -0.3 is 0 Å². The molecule has 1 heterocycles. The summed E-state index contributed by atoms with van der Waals surface area (Å²) in [5.74, 6) is 0. The molecule has 0 radical (unpaired) electrons. The maximum atomic E-state index is 4.37. The van der Waals surface area contributed by atoms with E-state index in [0.717, 1.165) is 36.2 Å². The quantitative estimate of drug-likeness (QED) is 0.723. The van der Waals surface area contributed by atoms with Gasteiger partial charge in [-0.05, 0) is 36.4 Å². The normalized spacial score (nSPS) is 11.8. The average molecular weight is 305 g/mol. The van der Waals surface area contributed by atoms with Gasteiger partial charge >= 0.3 is 0 Å². The highest BCUT2D eigenvalue weighted by molar-refractivity contribution is 5.89. The third-order valence-electron chi connectivity index (χ3n) is 4.21. The van der Waals surface area contributed by atoms with Gasteiger partial charge in [-0.1, -0.05) is 62.4 Å². The molecule has 2 aromatic carbocycles. The standard InChI is InChI=1S/C20H23N3/c1-3-23(4-2)15-17-11-9-16(10-12-17)13-14-20-18-7-5-6-8-19(18)21-22-20/h5-14H,3-4,15H2,1-2H3,(H,21,22)/b14-13+. The van der Waals surface area contributed by atoms with Crippen molar-refractivity contribution in [1.29, 1.82) is 0 Å². The van der Waals surface area contributed by atoms with Gasteiger partial charge in [0.1, 0.15) is 0 Å². The first-order valence-corrected chi connectivity index (χ1v) is 8.22. The molecular weight excluding hydrogens is 282 g/mol. The lowest BCUT2D eigenvalue weighted by Crippen LogP contribution is -2.21. The van der Waals surface area contributed by atoms with Gasteiger partial charge in [-0.15, -0.1) is 0 Å². The van der Waals surface area contributed by atoms with Crippen LogP contribution in [0.25, 0.3) is 23.1 Å². The number of fused-ring (bicyclic) bond motifs is 1. The highest BCUT2D eigenvalue weighted by Gasteiger charge is 2.02. The van der Waals surface area contributed by atoms with Gasteiger partial charge in [0, 0.05) is 11.9 Å². The Labute approximate surface area is 137 Å². The van der Waals surface area contributed by atoms with Gasteiger partial charge in [0.25, 0.3) is 0 Å². The van der Waals surface area contributed by atoms with E-state index in [2.05, 4.69) is 71.4 Å². The van der Waals surface area contributed by atoms with Crippen LogP contribution in [-0.2, 0) is 6.54 Å². The largest absolute Gasteiger partial charge is 0.300 e. The minimum absolute atomic E-state index is 0.979. The molecule has 1 aromatic heterocycles. The average Bonchev–Trinajstić information content (AvgIpc) is 3.02. The zero-order chi connectivity index (χ0) is 16.1. The predicted molar refractivity (Wildman–Crippen MR) is 98.1 cm³/mol. The van der Waals surface area contributed by atoms with Crippen LogP contribution in [0.1, 0.15) is 30.7 Å². The van der Waals surface area contributed by atoms with Crippen molar-refractivity contribution in [3.05, 3.63) is 65.4 Å². The van der Waals surface area contributed by atoms with E-state index in [1.54, 1.807) is 0 Å². The summed E-state index contributed by atoms with van der Waals surface area (Å²) in [6.45, 7) is 7.60. The number of aromatic amines is 1. The Balaban J connectivity index is 1.73. The number of nitrogens with zero attached hydrogens (tertiary/aromatic N) is 2. The summed E-state index contributed by atoms with van der Waals surface area (Å²) in [6, 6.07) is 16.9. The summed E-state index contributed by atoms with van der Waals surface area (Å²) < 4.78 is 0. The Morgan fingerprint density at radius 1 is 0.957 bits per heavy atom. The number of H-pyrrole nitrogens is 1. The SMILES string of the molecule is CCN(CC)Cc1ccc(/C=C/c2n[nH]c3ccccc23)cc1. The number of benzene rings is 2. The molecule has 0 aliphatic rings. The van der Waals surface area contributed by atoms with Crippen LogP contribution >= 0.6 is 0 Å². The van der Waals surface area contributed by atoms with E-state index in [1.165, 1.54) is 11.1 Å². The van der Waals surface area contributed by atoms with Gasteiger partial charge in [-0.2, -0.15) is 5.10 Å². The van der Waals surface area contributed by atoms with Crippen LogP contribution in [0.5, 0.6) is 0 Å². The summed E-state index contributed by atoms with van der Waals surface area (Å²) >= 11 is 0. The van der Waals surface area contributed by atoms with Crippen molar-refractivity contribution in [2.45, 2.75) is 20.4 Å². The van der Waals surface area contributed by atoms with Crippen molar-refractivity contribution in [3.8, 4) is 0 Å². The lowest BCUT2D eigenvalue weighted by molar-refractivity contribution is 0.296. The Kier molecular flexibility index (Phi) is 4.89. The van der Waals surface area contributed by atoms with Crippen molar-refractivity contribution in [2.75, 3.05) is 13.1 Å². The van der Waals surface area contributed by atoms with Crippen LogP contribution in [0.15, 0.2) is 48.5 Å². The molecule has 0 aliphatic heterocycles. The summed E-state index contributed by atoms with van der Waals surface area (Å²) in [5.41, 5.74) is 4.60. The summed E-state index contributed by atoms with van der Waals surface area (Å²) in [5, 5.41) is 8.59. The molecule has 23 heavy (non-hydrogen) atoms. The van der Waals surface area contributed by atoms with Gasteiger partial charge in [-0.25, -0.2) is 0 Å². The Morgan fingerprint density at radius 2 is 1.70 bits per heavy atom.